The molecule has 2 aromatic carbocycles. The molecule has 1 atom stereocenters. The largest absolute Gasteiger partial charge is 0.207 e. The molecule has 0 radical (unpaired) electrons. The fourth-order valence-corrected chi connectivity index (χ4v) is 3.21. The van der Waals surface area contributed by atoms with E-state index in [2.05, 4.69) is 31.9 Å². The Morgan fingerprint density at radius 1 is 1.00 bits per heavy atom. The van der Waals surface area contributed by atoms with Gasteiger partial charge in [0.2, 0.25) is 0 Å². The lowest BCUT2D eigenvalue weighted by atomic mass is 10.0. The first-order valence-corrected chi connectivity index (χ1v) is 7.49. The maximum absolute atomic E-state index is 13.9. The third kappa shape index (κ3) is 3.08. The Balaban J connectivity index is 2.47. The normalized spacial score (nSPS) is 12.5. The van der Waals surface area contributed by atoms with Crippen molar-refractivity contribution in [3.05, 3.63) is 67.9 Å². The standard InChI is InChI=1S/C13H7Br2Cl2F/c14-7-1-3-9(12(18)5-7)13(15)10-6-8(16)2-4-11(10)17/h1-6,13H. The van der Waals surface area contributed by atoms with Crippen LogP contribution in [0.25, 0.3) is 0 Å². The van der Waals surface area contributed by atoms with Gasteiger partial charge in [0, 0.05) is 20.1 Å². The van der Waals surface area contributed by atoms with Gasteiger partial charge >= 0.3 is 0 Å². The van der Waals surface area contributed by atoms with E-state index in [4.69, 9.17) is 23.2 Å². The Hall–Kier alpha value is -0.0900. The van der Waals surface area contributed by atoms with Crippen LogP contribution in [0.3, 0.4) is 0 Å². The van der Waals surface area contributed by atoms with Gasteiger partial charge in [-0.15, -0.1) is 0 Å². The van der Waals surface area contributed by atoms with Gasteiger partial charge in [-0.3, -0.25) is 0 Å². The highest BCUT2D eigenvalue weighted by Gasteiger charge is 2.18. The highest BCUT2D eigenvalue weighted by Crippen LogP contribution is 2.38. The van der Waals surface area contributed by atoms with Gasteiger partial charge in [-0.1, -0.05) is 61.1 Å². The van der Waals surface area contributed by atoms with Crippen molar-refractivity contribution in [2.75, 3.05) is 0 Å². The van der Waals surface area contributed by atoms with Gasteiger partial charge in [0.1, 0.15) is 5.82 Å². The molecule has 0 spiro atoms. The molecule has 0 aliphatic carbocycles. The molecule has 2 aromatic rings. The average Bonchev–Trinajstić information content (AvgIpc) is 2.31. The fraction of sp³-hybridized carbons (Fsp3) is 0.0769. The van der Waals surface area contributed by atoms with E-state index in [9.17, 15) is 4.39 Å². The molecule has 5 heteroatoms. The molecule has 0 N–H and O–H groups in total. The minimum absolute atomic E-state index is 0.303. The molecular formula is C13H7Br2Cl2F. The summed E-state index contributed by atoms with van der Waals surface area (Å²) >= 11 is 18.7. The second-order valence-corrected chi connectivity index (χ2v) is 6.37. The van der Waals surface area contributed by atoms with E-state index in [1.807, 2.05) is 0 Å². The van der Waals surface area contributed by atoms with E-state index < -0.39 is 0 Å². The summed E-state index contributed by atoms with van der Waals surface area (Å²) in [5.41, 5.74) is 1.26. The van der Waals surface area contributed by atoms with Crippen molar-refractivity contribution in [2.24, 2.45) is 0 Å². The Labute approximate surface area is 131 Å². The molecule has 0 fully saturated rings. The number of hydrogen-bond acceptors (Lipinski definition) is 0. The van der Waals surface area contributed by atoms with Crippen LogP contribution < -0.4 is 0 Å². The highest BCUT2D eigenvalue weighted by atomic mass is 79.9. The minimum atomic E-state index is -0.336. The van der Waals surface area contributed by atoms with Crippen molar-refractivity contribution in [3.8, 4) is 0 Å². The van der Waals surface area contributed by atoms with Gasteiger partial charge in [-0.25, -0.2) is 4.39 Å². The van der Waals surface area contributed by atoms with E-state index in [0.29, 0.717) is 20.1 Å². The second kappa shape index (κ2) is 5.91. The van der Waals surface area contributed by atoms with Crippen LogP contribution in [-0.2, 0) is 0 Å². The summed E-state index contributed by atoms with van der Waals surface area (Å²) in [4.78, 5) is -0.336. The van der Waals surface area contributed by atoms with Gasteiger partial charge in [-0.05, 0) is 35.9 Å². The summed E-state index contributed by atoms with van der Waals surface area (Å²) in [7, 11) is 0. The zero-order valence-corrected chi connectivity index (χ0v) is 13.6. The molecule has 0 aromatic heterocycles. The van der Waals surface area contributed by atoms with E-state index in [0.717, 1.165) is 5.56 Å². The number of rotatable bonds is 2. The maximum Gasteiger partial charge on any atom is 0.129 e. The van der Waals surface area contributed by atoms with Gasteiger partial charge in [0.15, 0.2) is 0 Å². The molecule has 0 amide bonds. The maximum atomic E-state index is 13.9. The summed E-state index contributed by atoms with van der Waals surface area (Å²) < 4.78 is 14.6. The number of hydrogen-bond donors (Lipinski definition) is 0. The molecule has 0 heterocycles. The second-order valence-electron chi connectivity index (χ2n) is 3.69. The van der Waals surface area contributed by atoms with Gasteiger partial charge in [0.05, 0.1) is 4.83 Å². The molecule has 18 heavy (non-hydrogen) atoms. The van der Waals surface area contributed by atoms with Crippen LogP contribution in [0.1, 0.15) is 16.0 Å². The van der Waals surface area contributed by atoms with E-state index in [1.165, 1.54) is 6.07 Å². The Kier molecular flexibility index (Phi) is 4.70. The van der Waals surface area contributed by atoms with Crippen LogP contribution in [-0.4, -0.2) is 0 Å². The Bertz CT molecular complexity index is 587. The first-order valence-electron chi connectivity index (χ1n) is 5.03. The summed E-state index contributed by atoms with van der Waals surface area (Å²) in [6.45, 7) is 0. The molecule has 2 rings (SSSR count). The van der Waals surface area contributed by atoms with Gasteiger partial charge in [0.25, 0.3) is 0 Å². The molecule has 0 nitrogen and oxygen atoms in total. The van der Waals surface area contributed by atoms with Crippen molar-refractivity contribution < 1.29 is 4.39 Å². The van der Waals surface area contributed by atoms with E-state index in [-0.39, 0.29) is 10.6 Å². The lowest BCUT2D eigenvalue weighted by molar-refractivity contribution is 0.612. The van der Waals surface area contributed by atoms with E-state index >= 15 is 0 Å². The van der Waals surface area contributed by atoms with E-state index in [1.54, 1.807) is 30.3 Å². The quantitative estimate of drug-likeness (QED) is 0.502. The molecule has 0 aliphatic rings. The van der Waals surface area contributed by atoms with Crippen LogP contribution in [0.5, 0.6) is 0 Å². The third-order valence-corrected chi connectivity index (χ3v) is 4.53. The number of benzene rings is 2. The third-order valence-electron chi connectivity index (χ3n) is 2.47. The van der Waals surface area contributed by atoms with Crippen LogP contribution in [0.4, 0.5) is 4.39 Å². The summed E-state index contributed by atoms with van der Waals surface area (Å²) in [5.74, 6) is -0.303. The summed E-state index contributed by atoms with van der Waals surface area (Å²) in [6, 6.07) is 10.0. The highest BCUT2D eigenvalue weighted by molar-refractivity contribution is 9.10. The summed E-state index contributed by atoms with van der Waals surface area (Å²) in [6.07, 6.45) is 0. The predicted octanol–water partition coefficient (Wildman–Crippen LogP) is 6.38. The predicted molar refractivity (Wildman–Crippen MR) is 81.3 cm³/mol. The topological polar surface area (TPSA) is 0 Å². The molecule has 0 aliphatic heterocycles. The van der Waals surface area contributed by atoms with Crippen LogP contribution in [0, 0.1) is 5.82 Å². The molecule has 0 saturated heterocycles. The summed E-state index contributed by atoms with van der Waals surface area (Å²) in [5, 5.41) is 1.11. The zero-order chi connectivity index (χ0) is 13.3. The Morgan fingerprint density at radius 3 is 2.39 bits per heavy atom. The van der Waals surface area contributed by atoms with Crippen molar-refractivity contribution in [3.63, 3.8) is 0 Å². The first kappa shape index (κ1) is 14.3. The molecule has 1 unspecified atom stereocenters. The fourth-order valence-electron chi connectivity index (χ4n) is 1.58. The Morgan fingerprint density at radius 2 is 1.72 bits per heavy atom. The van der Waals surface area contributed by atoms with Gasteiger partial charge in [-0.2, -0.15) is 0 Å². The number of halogens is 5. The first-order chi connectivity index (χ1) is 8.49. The average molecular weight is 413 g/mol. The smallest absolute Gasteiger partial charge is 0.129 e. The lowest BCUT2D eigenvalue weighted by Gasteiger charge is -2.14. The molecular weight excluding hydrogens is 406 g/mol. The number of alkyl halides is 1. The van der Waals surface area contributed by atoms with Crippen molar-refractivity contribution in [1.29, 1.82) is 0 Å². The molecule has 94 valence electrons. The van der Waals surface area contributed by atoms with Crippen LogP contribution in [0.2, 0.25) is 10.0 Å². The zero-order valence-electron chi connectivity index (χ0n) is 8.93. The SMILES string of the molecule is Fc1cc(Br)ccc1C(Br)c1cc(Cl)ccc1Cl. The van der Waals surface area contributed by atoms with Crippen molar-refractivity contribution >= 4 is 55.1 Å². The van der Waals surface area contributed by atoms with Crippen LogP contribution in [0.15, 0.2) is 40.9 Å². The minimum Gasteiger partial charge on any atom is -0.207 e. The van der Waals surface area contributed by atoms with Crippen molar-refractivity contribution in [1.82, 2.24) is 0 Å². The molecule has 0 saturated carbocycles. The van der Waals surface area contributed by atoms with Crippen molar-refractivity contribution in [2.45, 2.75) is 4.83 Å². The van der Waals surface area contributed by atoms with Gasteiger partial charge < -0.3 is 0 Å². The monoisotopic (exact) mass is 410 g/mol. The molecule has 0 bridgehead atoms. The lowest BCUT2D eigenvalue weighted by Crippen LogP contribution is -1.97. The van der Waals surface area contributed by atoms with Crippen LogP contribution >= 0.6 is 55.1 Å².